The molecule has 19 heavy (non-hydrogen) atoms. The highest BCUT2D eigenvalue weighted by Gasteiger charge is 2.32. The zero-order valence-corrected chi connectivity index (χ0v) is 12.4. The number of carboxylic acids is 1. The van der Waals surface area contributed by atoms with E-state index in [0.29, 0.717) is 18.4 Å². The first-order valence-corrected chi connectivity index (χ1v) is 7.14. The number of amides is 2. The summed E-state index contributed by atoms with van der Waals surface area (Å²) in [6, 6.07) is -0.271. The Balaban J connectivity index is 2.62. The summed E-state index contributed by atoms with van der Waals surface area (Å²) in [5.74, 6) is 0.294. The largest absolute Gasteiger partial charge is 0.481 e. The average Bonchev–Trinajstić information content (AvgIpc) is 2.77. The van der Waals surface area contributed by atoms with Gasteiger partial charge in [0.05, 0.1) is 6.42 Å². The molecule has 5 heteroatoms. The van der Waals surface area contributed by atoms with Gasteiger partial charge in [0.15, 0.2) is 0 Å². The van der Waals surface area contributed by atoms with Crippen LogP contribution in [0.2, 0.25) is 0 Å². The standard InChI is InChI=1S/C14H26N2O3/c1-5-16(11(4)8-13(17)18)14(19)15-7-6-12(9-15)10(2)3/h10-12H,5-9H2,1-4H3,(H,17,18). The maximum atomic E-state index is 12.4. The van der Waals surface area contributed by atoms with E-state index in [1.54, 1.807) is 11.8 Å². The van der Waals surface area contributed by atoms with Gasteiger partial charge in [-0.25, -0.2) is 4.79 Å². The van der Waals surface area contributed by atoms with Crippen LogP contribution in [0.15, 0.2) is 0 Å². The van der Waals surface area contributed by atoms with E-state index in [1.807, 2.05) is 11.8 Å². The number of carboxylic acid groups (broad SMARTS) is 1. The lowest BCUT2D eigenvalue weighted by molar-refractivity contribution is -0.138. The second-order valence-corrected chi connectivity index (χ2v) is 5.75. The number of nitrogens with zero attached hydrogens (tertiary/aromatic N) is 2. The second kappa shape index (κ2) is 6.78. The van der Waals surface area contributed by atoms with E-state index >= 15 is 0 Å². The Morgan fingerprint density at radius 2 is 2.00 bits per heavy atom. The molecular formula is C14H26N2O3. The van der Waals surface area contributed by atoms with Crippen LogP contribution in [0.1, 0.15) is 40.5 Å². The summed E-state index contributed by atoms with van der Waals surface area (Å²) < 4.78 is 0. The lowest BCUT2D eigenvalue weighted by atomic mass is 9.95. The predicted molar refractivity (Wildman–Crippen MR) is 74.0 cm³/mol. The van der Waals surface area contributed by atoms with Crippen molar-refractivity contribution in [1.29, 1.82) is 0 Å². The van der Waals surface area contributed by atoms with Gasteiger partial charge in [-0.1, -0.05) is 13.8 Å². The van der Waals surface area contributed by atoms with Gasteiger partial charge in [0.2, 0.25) is 0 Å². The zero-order valence-electron chi connectivity index (χ0n) is 12.4. The summed E-state index contributed by atoms with van der Waals surface area (Å²) in [5.41, 5.74) is 0. The number of rotatable bonds is 5. The molecule has 0 aromatic heterocycles. The van der Waals surface area contributed by atoms with Crippen LogP contribution in [0.3, 0.4) is 0 Å². The summed E-state index contributed by atoms with van der Waals surface area (Å²) in [7, 11) is 0. The number of hydrogen-bond acceptors (Lipinski definition) is 2. The molecule has 1 rings (SSSR count). The minimum absolute atomic E-state index is 0.00102. The number of carbonyl (C=O) groups excluding carboxylic acids is 1. The highest BCUT2D eigenvalue weighted by molar-refractivity contribution is 5.76. The minimum Gasteiger partial charge on any atom is -0.481 e. The van der Waals surface area contributed by atoms with Gasteiger partial charge in [-0.3, -0.25) is 4.79 Å². The van der Waals surface area contributed by atoms with Crippen LogP contribution in [-0.2, 0) is 4.79 Å². The predicted octanol–water partition coefficient (Wildman–Crippen LogP) is 2.27. The average molecular weight is 270 g/mol. The number of aliphatic carboxylic acids is 1. The SMILES string of the molecule is CCN(C(=O)N1CCC(C(C)C)C1)C(C)CC(=O)O. The Morgan fingerprint density at radius 1 is 1.37 bits per heavy atom. The van der Waals surface area contributed by atoms with Crippen LogP contribution in [0.25, 0.3) is 0 Å². The van der Waals surface area contributed by atoms with Crippen LogP contribution in [-0.4, -0.2) is 52.6 Å². The quantitative estimate of drug-likeness (QED) is 0.833. The van der Waals surface area contributed by atoms with E-state index in [1.165, 1.54) is 0 Å². The van der Waals surface area contributed by atoms with E-state index in [2.05, 4.69) is 13.8 Å². The van der Waals surface area contributed by atoms with Crippen LogP contribution in [0.4, 0.5) is 4.79 Å². The first-order chi connectivity index (χ1) is 8.86. The molecule has 1 saturated heterocycles. The molecule has 1 N–H and O–H groups in total. The smallest absolute Gasteiger partial charge is 0.320 e. The molecule has 1 aliphatic heterocycles. The van der Waals surface area contributed by atoms with Gasteiger partial charge in [-0.2, -0.15) is 0 Å². The Morgan fingerprint density at radius 3 is 2.42 bits per heavy atom. The van der Waals surface area contributed by atoms with Gasteiger partial charge in [0.1, 0.15) is 0 Å². The number of hydrogen-bond donors (Lipinski definition) is 1. The molecule has 0 aromatic rings. The first-order valence-electron chi connectivity index (χ1n) is 7.14. The van der Waals surface area contributed by atoms with Gasteiger partial charge in [0, 0.05) is 25.7 Å². The Labute approximate surface area is 115 Å². The van der Waals surface area contributed by atoms with Crippen molar-refractivity contribution in [2.45, 2.75) is 46.6 Å². The molecule has 2 atom stereocenters. The third-order valence-corrected chi connectivity index (χ3v) is 4.03. The molecule has 0 saturated carbocycles. The van der Waals surface area contributed by atoms with Crippen LogP contribution < -0.4 is 0 Å². The number of carbonyl (C=O) groups is 2. The molecule has 0 spiro atoms. The fourth-order valence-corrected chi connectivity index (χ4v) is 2.69. The van der Waals surface area contributed by atoms with Crippen molar-refractivity contribution in [2.75, 3.05) is 19.6 Å². The topological polar surface area (TPSA) is 60.9 Å². The van der Waals surface area contributed by atoms with Crippen molar-refractivity contribution in [1.82, 2.24) is 9.80 Å². The lowest BCUT2D eigenvalue weighted by Gasteiger charge is -2.31. The monoisotopic (exact) mass is 270 g/mol. The molecule has 1 heterocycles. The maximum Gasteiger partial charge on any atom is 0.320 e. The zero-order chi connectivity index (χ0) is 14.6. The first kappa shape index (κ1) is 15.8. The van der Waals surface area contributed by atoms with Gasteiger partial charge in [-0.05, 0) is 32.1 Å². The van der Waals surface area contributed by atoms with Gasteiger partial charge >= 0.3 is 12.0 Å². The molecule has 5 nitrogen and oxygen atoms in total. The summed E-state index contributed by atoms with van der Waals surface area (Å²) in [6.07, 6.45) is 1.05. The molecular weight excluding hydrogens is 244 g/mol. The highest BCUT2D eigenvalue weighted by Crippen LogP contribution is 2.25. The van der Waals surface area contributed by atoms with Crippen molar-refractivity contribution in [3.63, 3.8) is 0 Å². The third kappa shape index (κ3) is 4.11. The van der Waals surface area contributed by atoms with Crippen molar-refractivity contribution < 1.29 is 14.7 Å². The van der Waals surface area contributed by atoms with Crippen LogP contribution >= 0.6 is 0 Å². The fraction of sp³-hybridized carbons (Fsp3) is 0.857. The second-order valence-electron chi connectivity index (χ2n) is 5.75. The fourth-order valence-electron chi connectivity index (χ4n) is 2.69. The van der Waals surface area contributed by atoms with Crippen LogP contribution in [0, 0.1) is 11.8 Å². The van der Waals surface area contributed by atoms with E-state index < -0.39 is 5.97 Å². The molecule has 0 aromatic carbocycles. The van der Waals surface area contributed by atoms with E-state index in [0.717, 1.165) is 19.5 Å². The molecule has 2 unspecified atom stereocenters. The molecule has 0 aliphatic carbocycles. The summed E-state index contributed by atoms with van der Waals surface area (Å²) in [5, 5.41) is 8.84. The number of urea groups is 1. The van der Waals surface area contributed by atoms with E-state index in [9.17, 15) is 9.59 Å². The summed E-state index contributed by atoms with van der Waals surface area (Å²) in [4.78, 5) is 26.7. The third-order valence-electron chi connectivity index (χ3n) is 4.03. The maximum absolute atomic E-state index is 12.4. The normalized spacial score (nSPS) is 20.7. The summed E-state index contributed by atoms with van der Waals surface area (Å²) in [6.45, 7) is 10.2. The molecule has 1 aliphatic rings. The Kier molecular flexibility index (Phi) is 5.63. The lowest BCUT2D eigenvalue weighted by Crippen LogP contribution is -2.47. The molecule has 2 amide bonds. The van der Waals surface area contributed by atoms with Crippen molar-refractivity contribution >= 4 is 12.0 Å². The van der Waals surface area contributed by atoms with Gasteiger partial charge in [-0.15, -0.1) is 0 Å². The van der Waals surface area contributed by atoms with Gasteiger partial charge < -0.3 is 14.9 Å². The van der Waals surface area contributed by atoms with Gasteiger partial charge in [0.25, 0.3) is 0 Å². The van der Waals surface area contributed by atoms with Crippen molar-refractivity contribution in [2.24, 2.45) is 11.8 Å². The Bertz CT molecular complexity index is 331. The van der Waals surface area contributed by atoms with Crippen molar-refractivity contribution in [3.8, 4) is 0 Å². The Hall–Kier alpha value is -1.26. The number of likely N-dealkylation sites (tertiary alicyclic amines) is 1. The minimum atomic E-state index is -0.861. The molecule has 110 valence electrons. The molecule has 0 bridgehead atoms. The highest BCUT2D eigenvalue weighted by atomic mass is 16.4. The van der Waals surface area contributed by atoms with Crippen molar-refractivity contribution in [3.05, 3.63) is 0 Å². The summed E-state index contributed by atoms with van der Waals surface area (Å²) >= 11 is 0. The molecule has 1 fully saturated rings. The van der Waals surface area contributed by atoms with E-state index in [-0.39, 0.29) is 18.5 Å². The van der Waals surface area contributed by atoms with Crippen LogP contribution in [0.5, 0.6) is 0 Å². The molecule has 0 radical (unpaired) electrons. The van der Waals surface area contributed by atoms with E-state index in [4.69, 9.17) is 5.11 Å².